The van der Waals surface area contributed by atoms with E-state index in [9.17, 15) is 13.2 Å². The van der Waals surface area contributed by atoms with Crippen molar-refractivity contribution in [3.8, 4) is 0 Å². The minimum atomic E-state index is -4.40. The highest BCUT2D eigenvalue weighted by Gasteiger charge is 2.33. The Hall–Kier alpha value is -1.23. The largest absolute Gasteiger partial charge is 0.418 e. The molecule has 0 fully saturated rings. The highest BCUT2D eigenvalue weighted by Crippen LogP contribution is 2.33. The van der Waals surface area contributed by atoms with Crippen LogP contribution in [0.4, 0.5) is 13.2 Å². The third kappa shape index (κ3) is 1.43. The van der Waals surface area contributed by atoms with Gasteiger partial charge in [-0.05, 0) is 23.7 Å². The average Bonchev–Trinajstić information content (AvgIpc) is 2.41. The van der Waals surface area contributed by atoms with E-state index in [0.717, 1.165) is 6.07 Å². The van der Waals surface area contributed by atoms with Crippen LogP contribution in [-0.4, -0.2) is 9.97 Å². The molecule has 0 aliphatic rings. The van der Waals surface area contributed by atoms with Crippen LogP contribution in [0.1, 0.15) is 5.56 Å². The first-order valence-corrected chi connectivity index (χ1v) is 4.08. The summed E-state index contributed by atoms with van der Waals surface area (Å²) >= 11 is 5.47. The maximum absolute atomic E-state index is 12.4. The van der Waals surface area contributed by atoms with Crippen LogP contribution in [0.3, 0.4) is 0 Å². The molecule has 6 heteroatoms. The van der Waals surface area contributed by atoms with Gasteiger partial charge in [-0.25, -0.2) is 4.98 Å². The molecule has 0 unspecified atom stereocenters. The molecule has 14 heavy (non-hydrogen) atoms. The second kappa shape index (κ2) is 2.88. The Morgan fingerprint density at radius 3 is 2.64 bits per heavy atom. The van der Waals surface area contributed by atoms with Crippen molar-refractivity contribution in [2.75, 3.05) is 0 Å². The predicted molar refractivity (Wildman–Crippen MR) is 46.1 cm³/mol. The van der Waals surface area contributed by atoms with Crippen molar-refractivity contribution in [1.29, 1.82) is 0 Å². The third-order valence-corrected chi connectivity index (χ3v) is 1.97. The highest BCUT2D eigenvalue weighted by atomic mass is 35.5. The lowest BCUT2D eigenvalue weighted by Gasteiger charge is -2.05. The summed E-state index contributed by atoms with van der Waals surface area (Å²) in [6.07, 6.45) is -4.40. The van der Waals surface area contributed by atoms with Crippen molar-refractivity contribution < 1.29 is 13.2 Å². The van der Waals surface area contributed by atoms with Gasteiger partial charge in [0.25, 0.3) is 0 Å². The van der Waals surface area contributed by atoms with Crippen LogP contribution in [-0.2, 0) is 6.18 Å². The predicted octanol–water partition coefficient (Wildman–Crippen LogP) is 3.24. The second-order valence-electron chi connectivity index (χ2n) is 2.73. The molecule has 1 N–H and O–H groups in total. The number of imidazole rings is 1. The Labute approximate surface area is 81.7 Å². The second-order valence-corrected chi connectivity index (χ2v) is 3.09. The summed E-state index contributed by atoms with van der Waals surface area (Å²) in [6, 6.07) is 3.77. The molecule has 0 amide bonds. The number of aromatic nitrogens is 2. The van der Waals surface area contributed by atoms with E-state index in [0.29, 0.717) is 0 Å². The van der Waals surface area contributed by atoms with E-state index in [1.165, 1.54) is 12.1 Å². The van der Waals surface area contributed by atoms with E-state index in [-0.39, 0.29) is 16.3 Å². The summed E-state index contributed by atoms with van der Waals surface area (Å²) < 4.78 is 37.3. The van der Waals surface area contributed by atoms with Crippen LogP contribution >= 0.6 is 11.6 Å². The monoisotopic (exact) mass is 220 g/mol. The quantitative estimate of drug-likeness (QED) is 0.726. The van der Waals surface area contributed by atoms with Gasteiger partial charge in [-0.2, -0.15) is 13.2 Å². The molecule has 0 atom stereocenters. The molecule has 0 aliphatic carbocycles. The maximum Gasteiger partial charge on any atom is 0.418 e. The number of H-pyrrole nitrogens is 1. The molecule has 0 radical (unpaired) electrons. The molecule has 0 spiro atoms. The van der Waals surface area contributed by atoms with Gasteiger partial charge in [-0.3, -0.25) is 0 Å². The number of nitrogens with one attached hydrogen (secondary N) is 1. The standard InChI is InChI=1S/C8H4ClF3N2/c9-7-13-5-3-1-2-4(6(5)14-7)8(10,11)12/h1-3H,(H,13,14). The van der Waals surface area contributed by atoms with Gasteiger partial charge in [0.2, 0.25) is 5.28 Å². The number of fused-ring (bicyclic) bond motifs is 1. The highest BCUT2D eigenvalue weighted by molar-refractivity contribution is 6.29. The van der Waals surface area contributed by atoms with E-state index in [1.807, 2.05) is 0 Å². The Bertz CT molecular complexity index is 475. The zero-order valence-electron chi connectivity index (χ0n) is 6.69. The first kappa shape index (κ1) is 9.33. The molecular weight excluding hydrogens is 217 g/mol. The number of rotatable bonds is 0. The van der Waals surface area contributed by atoms with E-state index >= 15 is 0 Å². The number of para-hydroxylation sites is 1. The molecule has 1 aromatic carbocycles. The fourth-order valence-electron chi connectivity index (χ4n) is 1.23. The van der Waals surface area contributed by atoms with Gasteiger partial charge < -0.3 is 4.98 Å². The molecule has 0 aliphatic heterocycles. The topological polar surface area (TPSA) is 28.7 Å². The van der Waals surface area contributed by atoms with Crippen LogP contribution < -0.4 is 0 Å². The van der Waals surface area contributed by atoms with E-state index < -0.39 is 11.7 Å². The Morgan fingerprint density at radius 2 is 2.00 bits per heavy atom. The van der Waals surface area contributed by atoms with Crippen molar-refractivity contribution in [3.63, 3.8) is 0 Å². The van der Waals surface area contributed by atoms with E-state index in [4.69, 9.17) is 11.6 Å². The molecule has 0 bridgehead atoms. The fraction of sp³-hybridized carbons (Fsp3) is 0.125. The summed E-state index contributed by atoms with van der Waals surface area (Å²) in [6.45, 7) is 0. The summed E-state index contributed by atoms with van der Waals surface area (Å²) in [4.78, 5) is 6.09. The smallest absolute Gasteiger partial charge is 0.329 e. The molecule has 74 valence electrons. The van der Waals surface area contributed by atoms with Crippen molar-refractivity contribution in [2.24, 2.45) is 0 Å². The fourth-order valence-corrected chi connectivity index (χ4v) is 1.42. The number of hydrogen-bond acceptors (Lipinski definition) is 1. The Balaban J connectivity index is 2.77. The molecule has 2 nitrogen and oxygen atoms in total. The summed E-state index contributed by atoms with van der Waals surface area (Å²) in [5, 5.41) is -0.0447. The van der Waals surface area contributed by atoms with Gasteiger partial charge in [0.15, 0.2) is 0 Å². The molecule has 1 heterocycles. The zero-order valence-corrected chi connectivity index (χ0v) is 7.45. The minimum Gasteiger partial charge on any atom is -0.329 e. The van der Waals surface area contributed by atoms with E-state index in [2.05, 4.69) is 9.97 Å². The van der Waals surface area contributed by atoms with Crippen LogP contribution in [0, 0.1) is 0 Å². The summed E-state index contributed by atoms with van der Waals surface area (Å²) in [7, 11) is 0. The lowest BCUT2D eigenvalue weighted by atomic mass is 10.2. The van der Waals surface area contributed by atoms with Crippen molar-refractivity contribution in [2.45, 2.75) is 6.18 Å². The number of alkyl halides is 3. The molecule has 1 aromatic heterocycles. The van der Waals surface area contributed by atoms with Gasteiger partial charge in [-0.15, -0.1) is 0 Å². The lowest BCUT2D eigenvalue weighted by molar-refractivity contribution is -0.136. The first-order valence-electron chi connectivity index (χ1n) is 3.70. The number of hydrogen-bond donors (Lipinski definition) is 1. The van der Waals surface area contributed by atoms with Crippen LogP contribution in [0.25, 0.3) is 11.0 Å². The van der Waals surface area contributed by atoms with Crippen molar-refractivity contribution in [3.05, 3.63) is 29.0 Å². The molecule has 0 saturated carbocycles. The Kier molecular flexibility index (Phi) is 1.92. The minimum absolute atomic E-state index is 0.0447. The third-order valence-electron chi connectivity index (χ3n) is 1.79. The summed E-state index contributed by atoms with van der Waals surface area (Å²) in [5.41, 5.74) is -0.645. The SMILES string of the molecule is FC(F)(F)c1cccc2[nH]c(Cl)nc12. The molecule has 2 rings (SSSR count). The van der Waals surface area contributed by atoms with Crippen molar-refractivity contribution >= 4 is 22.6 Å². The van der Waals surface area contributed by atoms with E-state index in [1.54, 1.807) is 0 Å². The number of halogens is 4. The normalized spacial score (nSPS) is 12.3. The molecule has 0 saturated heterocycles. The lowest BCUT2D eigenvalue weighted by Crippen LogP contribution is -2.05. The Morgan fingerprint density at radius 1 is 1.29 bits per heavy atom. The molecule has 2 aromatic rings. The van der Waals surface area contributed by atoms with Gasteiger partial charge >= 0.3 is 6.18 Å². The maximum atomic E-state index is 12.4. The van der Waals surface area contributed by atoms with Crippen molar-refractivity contribution in [1.82, 2.24) is 9.97 Å². The number of benzene rings is 1. The van der Waals surface area contributed by atoms with Crippen LogP contribution in [0.15, 0.2) is 18.2 Å². The zero-order chi connectivity index (χ0) is 10.3. The van der Waals surface area contributed by atoms with Crippen LogP contribution in [0.5, 0.6) is 0 Å². The number of nitrogens with zero attached hydrogens (tertiary/aromatic N) is 1. The van der Waals surface area contributed by atoms with Crippen LogP contribution in [0.2, 0.25) is 5.28 Å². The van der Waals surface area contributed by atoms with Gasteiger partial charge in [0, 0.05) is 0 Å². The summed E-state index contributed by atoms with van der Waals surface area (Å²) in [5.74, 6) is 0. The average molecular weight is 221 g/mol. The van der Waals surface area contributed by atoms with Gasteiger partial charge in [0.05, 0.1) is 11.1 Å². The van der Waals surface area contributed by atoms with Gasteiger partial charge in [0.1, 0.15) is 5.52 Å². The first-order chi connectivity index (χ1) is 6.48. The molecular formula is C8H4ClF3N2. The van der Waals surface area contributed by atoms with Gasteiger partial charge in [-0.1, -0.05) is 6.07 Å². The number of aromatic amines is 1.